The Kier molecular flexibility index (Phi) is 31.3. The van der Waals surface area contributed by atoms with E-state index in [1.54, 1.807) is 35.5 Å². The molecule has 0 bridgehead atoms. The number of allylic oxidation sites excluding steroid dienone is 6. The predicted octanol–water partition coefficient (Wildman–Crippen LogP) is 13.2. The summed E-state index contributed by atoms with van der Waals surface area (Å²) in [6.07, 6.45) is 14.4. The summed E-state index contributed by atoms with van der Waals surface area (Å²) in [5, 5.41) is 0. The van der Waals surface area contributed by atoms with E-state index in [4.69, 9.17) is 75.8 Å². The van der Waals surface area contributed by atoms with Crippen molar-refractivity contribution in [3.05, 3.63) is 179 Å². The number of methoxy groups -OCH3 is 5. The van der Waals surface area contributed by atoms with Crippen LogP contribution >= 0.6 is 0 Å². The minimum absolute atomic E-state index is 0.0238. The van der Waals surface area contributed by atoms with E-state index in [9.17, 15) is 0 Å². The third-order valence-electron chi connectivity index (χ3n) is 19.1. The van der Waals surface area contributed by atoms with Crippen LogP contribution in [0.3, 0.4) is 0 Å². The van der Waals surface area contributed by atoms with Gasteiger partial charge in [0, 0.05) is 107 Å². The van der Waals surface area contributed by atoms with E-state index in [1.807, 2.05) is 0 Å². The number of benzene rings is 5. The molecule has 9 rings (SSSR count). The summed E-state index contributed by atoms with van der Waals surface area (Å²) < 4.78 is 93.0. The summed E-state index contributed by atoms with van der Waals surface area (Å²) in [4.78, 5) is 4.97. The van der Waals surface area contributed by atoms with Gasteiger partial charge in [0.1, 0.15) is 12.4 Å². The van der Waals surface area contributed by atoms with Crippen LogP contribution < -0.4 is 14.5 Å². The molecule has 2 atom stereocenters. The van der Waals surface area contributed by atoms with Crippen molar-refractivity contribution >= 4 is 28.3 Å². The molecule has 1 aliphatic heterocycles. The Bertz CT molecular complexity index is 3270. The molecule has 0 saturated carbocycles. The van der Waals surface area contributed by atoms with E-state index < -0.39 is 16.4 Å². The normalized spacial score (nSPS) is 17.0. The molecule has 18 heteroatoms. The molecule has 0 saturated heterocycles. The Hall–Kier alpha value is -6.14. The smallest absolute Gasteiger partial charge is 0.119 e. The second-order valence-electron chi connectivity index (χ2n) is 25.1. The molecule has 5 aromatic rings. The maximum atomic E-state index is 6.50. The molecular formula is C80H108N2O16. The van der Waals surface area contributed by atoms with Gasteiger partial charge in [-0.1, -0.05) is 78.9 Å². The first-order valence-corrected chi connectivity index (χ1v) is 35.0. The fourth-order valence-electron chi connectivity index (χ4n) is 14.2. The Morgan fingerprint density at radius 1 is 0.429 bits per heavy atom. The summed E-state index contributed by atoms with van der Waals surface area (Å²) >= 11 is 0. The topological polar surface area (TPSA) is 154 Å². The molecule has 0 N–H and O–H groups in total. The lowest BCUT2D eigenvalue weighted by molar-refractivity contribution is 0.0144. The minimum atomic E-state index is -0.479. The summed E-state index contributed by atoms with van der Waals surface area (Å²) in [6, 6.07) is 40.4. The summed E-state index contributed by atoms with van der Waals surface area (Å²) in [7, 11) is 8.41. The Labute approximate surface area is 582 Å². The fourth-order valence-corrected chi connectivity index (χ4v) is 14.2. The van der Waals surface area contributed by atoms with Gasteiger partial charge in [-0.05, 0) is 157 Å². The number of fused-ring (bicyclic) bond motifs is 7. The highest BCUT2D eigenvalue weighted by atomic mass is 16.6. The summed E-state index contributed by atoms with van der Waals surface area (Å²) in [5.74, 6) is 0.803. The molecule has 0 amide bonds. The van der Waals surface area contributed by atoms with Gasteiger partial charge in [0.2, 0.25) is 0 Å². The van der Waals surface area contributed by atoms with Crippen LogP contribution in [0.5, 0.6) is 5.75 Å². The Morgan fingerprint density at radius 3 is 1.36 bits per heavy atom. The lowest BCUT2D eigenvalue weighted by Gasteiger charge is -2.39. The first-order chi connectivity index (χ1) is 48.2. The zero-order chi connectivity index (χ0) is 68.7. The van der Waals surface area contributed by atoms with Crippen molar-refractivity contribution in [3.8, 4) is 16.9 Å². The molecule has 534 valence electrons. The van der Waals surface area contributed by atoms with Crippen molar-refractivity contribution in [1.82, 2.24) is 0 Å². The average Bonchev–Trinajstić information content (AvgIpc) is 1.57. The number of nitrogens with zero attached hydrogens (tertiary/aromatic N) is 2. The lowest BCUT2D eigenvalue weighted by Crippen LogP contribution is -2.41. The highest BCUT2D eigenvalue weighted by Crippen LogP contribution is 2.58. The zero-order valence-corrected chi connectivity index (χ0v) is 59.5. The molecule has 98 heavy (non-hydrogen) atoms. The second-order valence-corrected chi connectivity index (χ2v) is 25.1. The van der Waals surface area contributed by atoms with E-state index in [-0.39, 0.29) is 5.92 Å². The van der Waals surface area contributed by atoms with E-state index in [2.05, 4.69) is 170 Å². The first-order valence-electron chi connectivity index (χ1n) is 35.0. The van der Waals surface area contributed by atoms with Gasteiger partial charge in [-0.15, -0.1) is 0 Å². The number of ether oxygens (including phenoxy) is 16. The van der Waals surface area contributed by atoms with Crippen LogP contribution in [0.2, 0.25) is 0 Å². The second kappa shape index (κ2) is 40.3. The van der Waals surface area contributed by atoms with Crippen molar-refractivity contribution in [2.24, 2.45) is 0 Å². The zero-order valence-electron chi connectivity index (χ0n) is 59.5. The maximum Gasteiger partial charge on any atom is 0.119 e. The quantitative estimate of drug-likeness (QED) is 0.0339. The number of anilines is 4. The maximum absolute atomic E-state index is 6.50. The molecule has 5 aromatic carbocycles. The van der Waals surface area contributed by atoms with E-state index in [0.29, 0.717) is 172 Å². The van der Waals surface area contributed by atoms with E-state index in [0.717, 1.165) is 59.9 Å². The van der Waals surface area contributed by atoms with Gasteiger partial charge in [-0.3, -0.25) is 0 Å². The van der Waals surface area contributed by atoms with Crippen molar-refractivity contribution in [2.45, 2.75) is 68.7 Å². The molecule has 0 fully saturated rings. The molecular weight excluding hydrogens is 1240 g/mol. The predicted molar refractivity (Wildman–Crippen MR) is 385 cm³/mol. The highest BCUT2D eigenvalue weighted by Gasteiger charge is 2.48. The molecule has 0 radical (unpaired) electrons. The standard InChI is InChI=1S/C80H108N2O16/c1-62(59-75-63(2)68-15-9-11-18-73(68)79(75,29-33-88-47-51-92-42-37-83-4)30-34-89-48-52-93-43-38-84-5)81(65-23-27-77-71(60-65)72-17-13-14-28-78(72,3)82(77)64-20-24-67(25-21-64)98-58-57-97-56-55-96-46-41-87-8)66-22-26-70-69-16-10-12-19-74(69)80(76(70)61-66,31-35-90-49-53-94-44-39-85-6)32-36-91-50-54-95-45-40-86-7/h9-28,59-61,72H,29-58H2,1-8H3/b62-59+. The third kappa shape index (κ3) is 19.5. The molecule has 2 unspecified atom stereocenters. The van der Waals surface area contributed by atoms with Crippen LogP contribution in [-0.4, -0.2) is 213 Å². The fraction of sp³-hybridized carbons (Fsp3) is 0.525. The molecule has 1 heterocycles. The van der Waals surface area contributed by atoms with Crippen LogP contribution in [0.4, 0.5) is 22.7 Å². The van der Waals surface area contributed by atoms with Gasteiger partial charge >= 0.3 is 0 Å². The van der Waals surface area contributed by atoms with Crippen molar-refractivity contribution in [2.75, 3.05) is 217 Å². The molecule has 4 aliphatic rings. The van der Waals surface area contributed by atoms with Gasteiger partial charge in [0.15, 0.2) is 0 Å². The van der Waals surface area contributed by atoms with Crippen LogP contribution in [-0.2, 0) is 81.9 Å². The summed E-state index contributed by atoms with van der Waals surface area (Å²) in [5.41, 5.74) is 15.1. The molecule has 3 aliphatic carbocycles. The Balaban J connectivity index is 1.13. The van der Waals surface area contributed by atoms with Crippen LogP contribution in [0.1, 0.15) is 80.2 Å². The van der Waals surface area contributed by atoms with Gasteiger partial charge in [0.25, 0.3) is 0 Å². The largest absolute Gasteiger partial charge is 0.491 e. The first kappa shape index (κ1) is 76.0. The molecule has 0 spiro atoms. The molecule has 0 aromatic heterocycles. The lowest BCUT2D eigenvalue weighted by atomic mass is 9.72. The van der Waals surface area contributed by atoms with Gasteiger partial charge < -0.3 is 85.6 Å². The van der Waals surface area contributed by atoms with E-state index >= 15 is 0 Å². The van der Waals surface area contributed by atoms with E-state index in [1.165, 1.54) is 50.1 Å². The highest BCUT2D eigenvalue weighted by molar-refractivity contribution is 5.87. The Morgan fingerprint density at radius 2 is 0.847 bits per heavy atom. The average molecular weight is 1350 g/mol. The molecule has 18 nitrogen and oxygen atoms in total. The van der Waals surface area contributed by atoms with Crippen LogP contribution in [0.15, 0.2) is 151 Å². The third-order valence-corrected chi connectivity index (χ3v) is 19.1. The van der Waals surface area contributed by atoms with Crippen LogP contribution in [0, 0.1) is 0 Å². The van der Waals surface area contributed by atoms with Crippen molar-refractivity contribution in [3.63, 3.8) is 0 Å². The van der Waals surface area contributed by atoms with Crippen molar-refractivity contribution < 1.29 is 75.8 Å². The minimum Gasteiger partial charge on any atom is -0.491 e. The van der Waals surface area contributed by atoms with Gasteiger partial charge in [-0.25, -0.2) is 0 Å². The van der Waals surface area contributed by atoms with Crippen LogP contribution in [0.25, 0.3) is 16.7 Å². The number of rotatable bonds is 51. The monoisotopic (exact) mass is 1350 g/mol. The number of hydrogen-bond donors (Lipinski definition) is 0. The SMILES string of the molecule is COCCOCCOCCOc1ccc(N2c3ccc(N(/C(C)=C/C4=C(C)c5ccccc5C4(CCOCCOCCOC)CCOCCOCCOC)c4ccc5c(c4)C(CCOCCOCCOC)(CCOCCOCCOC)c4ccccc4-5)cc3C3C=CC=CC32C)cc1. The van der Waals surface area contributed by atoms with Gasteiger partial charge in [-0.2, -0.15) is 0 Å². The number of hydrogen-bond acceptors (Lipinski definition) is 18. The van der Waals surface area contributed by atoms with Gasteiger partial charge in [0.05, 0.1) is 144 Å². The van der Waals surface area contributed by atoms with Crippen molar-refractivity contribution in [1.29, 1.82) is 0 Å². The summed E-state index contributed by atoms with van der Waals surface area (Å²) in [6.45, 7) is 19.9.